The molecule has 4 rings (SSSR count). The van der Waals surface area contributed by atoms with E-state index >= 15 is 0 Å². The van der Waals surface area contributed by atoms with Gasteiger partial charge in [-0.2, -0.15) is 0 Å². The molecule has 3 aliphatic rings. The number of rotatable bonds is 2. The maximum atomic E-state index is 12.6. The Morgan fingerprint density at radius 3 is 2.92 bits per heavy atom. The number of anilines is 2. The fourth-order valence-corrected chi connectivity index (χ4v) is 4.48. The van der Waals surface area contributed by atoms with Crippen LogP contribution >= 0.6 is 0 Å². The van der Waals surface area contributed by atoms with E-state index in [0.29, 0.717) is 18.4 Å². The van der Waals surface area contributed by atoms with E-state index in [9.17, 15) is 9.59 Å². The van der Waals surface area contributed by atoms with Crippen LogP contribution in [0, 0.1) is 5.92 Å². The van der Waals surface area contributed by atoms with E-state index < -0.39 is 0 Å². The van der Waals surface area contributed by atoms with Crippen molar-refractivity contribution in [2.75, 3.05) is 17.3 Å². The highest BCUT2D eigenvalue weighted by Gasteiger charge is 2.38. The number of benzene rings is 1. The molecule has 0 radical (unpaired) electrons. The van der Waals surface area contributed by atoms with Gasteiger partial charge in [-0.15, -0.1) is 0 Å². The molecule has 5 nitrogen and oxygen atoms in total. The van der Waals surface area contributed by atoms with E-state index in [1.165, 1.54) is 25.7 Å². The minimum absolute atomic E-state index is 0.0709. The first-order valence-electron chi connectivity index (χ1n) is 9.08. The van der Waals surface area contributed by atoms with Crippen molar-refractivity contribution in [3.63, 3.8) is 0 Å². The van der Waals surface area contributed by atoms with E-state index in [0.717, 1.165) is 29.8 Å². The predicted octanol–water partition coefficient (Wildman–Crippen LogP) is 2.45. The first kappa shape index (κ1) is 15.6. The molecule has 0 unspecified atom stereocenters. The summed E-state index contributed by atoms with van der Waals surface area (Å²) in [6, 6.07) is 6.30. The highest BCUT2D eigenvalue weighted by molar-refractivity contribution is 5.98. The van der Waals surface area contributed by atoms with Crippen LogP contribution in [0.5, 0.6) is 0 Å². The molecule has 0 bridgehead atoms. The molecule has 1 saturated carbocycles. The number of hydrogen-bond acceptors (Lipinski definition) is 3. The van der Waals surface area contributed by atoms with Crippen LogP contribution in [-0.2, 0) is 16.0 Å². The average Bonchev–Trinajstić information content (AvgIpc) is 3.02. The lowest BCUT2D eigenvalue weighted by Gasteiger charge is -2.26. The molecule has 2 heterocycles. The van der Waals surface area contributed by atoms with Crippen LogP contribution in [0.1, 0.15) is 44.1 Å². The topological polar surface area (TPSA) is 61.4 Å². The normalized spacial score (nSPS) is 29.1. The molecule has 5 heteroatoms. The largest absolute Gasteiger partial charge is 0.325 e. The van der Waals surface area contributed by atoms with E-state index in [1.807, 2.05) is 25.2 Å². The van der Waals surface area contributed by atoms with Crippen LogP contribution < -0.4 is 15.5 Å². The molecule has 3 atom stereocenters. The SMILES string of the molecule is CN1C(=O)CCc2cc(NC(=O)[C@@H]3C[C@H]4CCCC[C@H]4N3)ccc21. The van der Waals surface area contributed by atoms with Crippen LogP contribution in [0.25, 0.3) is 0 Å². The molecule has 1 aromatic carbocycles. The monoisotopic (exact) mass is 327 g/mol. The molecular formula is C19H25N3O2. The quantitative estimate of drug-likeness (QED) is 0.877. The van der Waals surface area contributed by atoms with Crippen LogP contribution in [-0.4, -0.2) is 30.9 Å². The van der Waals surface area contributed by atoms with Gasteiger partial charge in [0.05, 0.1) is 6.04 Å². The maximum absolute atomic E-state index is 12.6. The van der Waals surface area contributed by atoms with Crippen molar-refractivity contribution in [2.24, 2.45) is 5.92 Å². The minimum Gasteiger partial charge on any atom is -0.325 e. The summed E-state index contributed by atoms with van der Waals surface area (Å²) in [6.07, 6.45) is 7.27. The van der Waals surface area contributed by atoms with E-state index in [1.54, 1.807) is 4.90 Å². The summed E-state index contributed by atoms with van der Waals surface area (Å²) in [5.74, 6) is 0.888. The number of hydrogen-bond donors (Lipinski definition) is 2. The third-order valence-corrected chi connectivity index (χ3v) is 5.87. The Bertz CT molecular complexity index is 659. The molecule has 2 aliphatic heterocycles. The summed E-state index contributed by atoms with van der Waals surface area (Å²) in [7, 11) is 1.81. The molecule has 1 aromatic rings. The Morgan fingerprint density at radius 1 is 1.25 bits per heavy atom. The molecule has 1 saturated heterocycles. The Balaban J connectivity index is 1.44. The van der Waals surface area contributed by atoms with Gasteiger partial charge in [-0.1, -0.05) is 12.8 Å². The zero-order valence-corrected chi connectivity index (χ0v) is 14.2. The minimum atomic E-state index is -0.0709. The van der Waals surface area contributed by atoms with Gasteiger partial charge in [0.25, 0.3) is 0 Å². The summed E-state index contributed by atoms with van der Waals surface area (Å²) in [5.41, 5.74) is 2.91. The van der Waals surface area contributed by atoms with Gasteiger partial charge in [-0.25, -0.2) is 0 Å². The number of aryl methyl sites for hydroxylation is 1. The Kier molecular flexibility index (Phi) is 4.04. The molecule has 2 fully saturated rings. The first-order valence-corrected chi connectivity index (χ1v) is 9.08. The second kappa shape index (κ2) is 6.20. The molecule has 2 amide bonds. The number of carbonyl (C=O) groups is 2. The second-order valence-electron chi connectivity index (χ2n) is 7.39. The van der Waals surface area contributed by atoms with E-state index in [4.69, 9.17) is 0 Å². The predicted molar refractivity (Wildman–Crippen MR) is 94.1 cm³/mol. The third kappa shape index (κ3) is 2.81. The van der Waals surface area contributed by atoms with E-state index in [-0.39, 0.29) is 17.9 Å². The van der Waals surface area contributed by atoms with Crippen molar-refractivity contribution >= 4 is 23.2 Å². The van der Waals surface area contributed by atoms with Gasteiger partial charge in [-0.3, -0.25) is 9.59 Å². The standard InChI is InChI=1S/C19H25N3O2/c1-22-17-8-7-14(10-13(17)6-9-18(22)23)20-19(24)16-11-12-4-2-3-5-15(12)21-16/h7-8,10,12,15-16,21H,2-6,9,11H2,1H3,(H,20,24)/t12-,15-,16+/m1/s1. The summed E-state index contributed by atoms with van der Waals surface area (Å²) < 4.78 is 0. The highest BCUT2D eigenvalue weighted by atomic mass is 16.2. The van der Waals surface area contributed by atoms with Crippen molar-refractivity contribution in [3.8, 4) is 0 Å². The molecule has 0 spiro atoms. The van der Waals surface area contributed by atoms with Crippen LogP contribution in [0.2, 0.25) is 0 Å². The Labute approximate surface area is 142 Å². The molecule has 128 valence electrons. The summed E-state index contributed by atoms with van der Waals surface area (Å²) >= 11 is 0. The molecule has 0 aromatic heterocycles. The second-order valence-corrected chi connectivity index (χ2v) is 7.39. The van der Waals surface area contributed by atoms with Crippen molar-refractivity contribution in [3.05, 3.63) is 23.8 Å². The van der Waals surface area contributed by atoms with Gasteiger partial charge in [-0.05, 0) is 55.4 Å². The summed E-state index contributed by atoms with van der Waals surface area (Å²) in [5, 5.41) is 6.59. The van der Waals surface area contributed by atoms with Crippen LogP contribution in [0.3, 0.4) is 0 Å². The lowest BCUT2D eigenvalue weighted by Crippen LogP contribution is -2.40. The van der Waals surface area contributed by atoms with Gasteiger partial charge in [0.1, 0.15) is 0 Å². The lowest BCUT2D eigenvalue weighted by molar-refractivity contribution is -0.119. The van der Waals surface area contributed by atoms with E-state index in [2.05, 4.69) is 10.6 Å². The van der Waals surface area contributed by atoms with Gasteiger partial charge in [0.2, 0.25) is 11.8 Å². The lowest BCUT2D eigenvalue weighted by atomic mass is 9.85. The average molecular weight is 327 g/mol. The van der Waals surface area contributed by atoms with Gasteiger partial charge in [0.15, 0.2) is 0 Å². The fourth-order valence-electron chi connectivity index (χ4n) is 4.48. The molecule has 24 heavy (non-hydrogen) atoms. The zero-order valence-electron chi connectivity index (χ0n) is 14.2. The van der Waals surface area contributed by atoms with Gasteiger partial charge in [0, 0.05) is 30.9 Å². The van der Waals surface area contributed by atoms with Crippen molar-refractivity contribution in [1.82, 2.24) is 5.32 Å². The smallest absolute Gasteiger partial charge is 0.241 e. The molecular weight excluding hydrogens is 302 g/mol. The maximum Gasteiger partial charge on any atom is 0.241 e. The molecule has 1 aliphatic carbocycles. The number of nitrogens with one attached hydrogen (secondary N) is 2. The van der Waals surface area contributed by atoms with Gasteiger partial charge < -0.3 is 15.5 Å². The number of carbonyl (C=O) groups excluding carboxylic acids is 2. The third-order valence-electron chi connectivity index (χ3n) is 5.87. The van der Waals surface area contributed by atoms with Crippen molar-refractivity contribution in [1.29, 1.82) is 0 Å². The number of fused-ring (bicyclic) bond motifs is 2. The van der Waals surface area contributed by atoms with Crippen molar-refractivity contribution in [2.45, 2.75) is 57.0 Å². The van der Waals surface area contributed by atoms with Gasteiger partial charge >= 0.3 is 0 Å². The molecule has 2 N–H and O–H groups in total. The summed E-state index contributed by atoms with van der Waals surface area (Å²) in [4.78, 5) is 26.1. The number of amides is 2. The number of nitrogens with zero attached hydrogens (tertiary/aromatic N) is 1. The van der Waals surface area contributed by atoms with Crippen LogP contribution in [0.4, 0.5) is 11.4 Å². The Morgan fingerprint density at radius 2 is 2.08 bits per heavy atom. The fraction of sp³-hybridized carbons (Fsp3) is 0.579. The highest BCUT2D eigenvalue weighted by Crippen LogP contribution is 2.34. The summed E-state index contributed by atoms with van der Waals surface area (Å²) in [6.45, 7) is 0. The first-order chi connectivity index (χ1) is 11.6. The zero-order chi connectivity index (χ0) is 16.7. The van der Waals surface area contributed by atoms with Crippen molar-refractivity contribution < 1.29 is 9.59 Å². The van der Waals surface area contributed by atoms with Crippen LogP contribution in [0.15, 0.2) is 18.2 Å². The Hall–Kier alpha value is -1.88.